The first-order valence-electron chi connectivity index (χ1n) is 6.99. The van der Waals surface area contributed by atoms with E-state index >= 15 is 0 Å². The highest BCUT2D eigenvalue weighted by atomic mass is 14.9. The zero-order chi connectivity index (χ0) is 13.9. The van der Waals surface area contributed by atoms with Crippen molar-refractivity contribution in [2.24, 2.45) is 11.3 Å². The molecule has 0 saturated heterocycles. The molecule has 0 saturated carbocycles. The summed E-state index contributed by atoms with van der Waals surface area (Å²) in [5.74, 6) is 0.691. The van der Waals surface area contributed by atoms with Crippen molar-refractivity contribution in [1.29, 1.82) is 0 Å². The maximum absolute atomic E-state index is 3.48. The summed E-state index contributed by atoms with van der Waals surface area (Å²) in [6.07, 6.45) is 1.18. The third kappa shape index (κ3) is 4.13. The molecule has 0 amide bonds. The van der Waals surface area contributed by atoms with Crippen LogP contribution in [0, 0.1) is 25.2 Å². The third-order valence-corrected chi connectivity index (χ3v) is 4.06. The Morgan fingerprint density at radius 3 is 1.94 bits per heavy atom. The normalized spacial score (nSPS) is 15.5. The third-order valence-electron chi connectivity index (χ3n) is 4.06. The summed E-state index contributed by atoms with van der Waals surface area (Å²) in [5, 5.41) is 3.48. The van der Waals surface area contributed by atoms with Crippen molar-refractivity contribution < 1.29 is 0 Å². The van der Waals surface area contributed by atoms with Crippen LogP contribution in [0.5, 0.6) is 0 Å². The maximum atomic E-state index is 3.48. The second-order valence-corrected chi connectivity index (χ2v) is 6.77. The van der Waals surface area contributed by atoms with Gasteiger partial charge in [0, 0.05) is 6.04 Å². The highest BCUT2D eigenvalue weighted by Crippen LogP contribution is 2.33. The van der Waals surface area contributed by atoms with Crippen LogP contribution in [0.25, 0.3) is 0 Å². The second kappa shape index (κ2) is 5.88. The molecule has 0 spiro atoms. The lowest BCUT2D eigenvalue weighted by Crippen LogP contribution is -2.25. The summed E-state index contributed by atoms with van der Waals surface area (Å²) in [4.78, 5) is 0. The van der Waals surface area contributed by atoms with Crippen LogP contribution >= 0.6 is 0 Å². The van der Waals surface area contributed by atoms with Crippen molar-refractivity contribution in [3.8, 4) is 0 Å². The van der Waals surface area contributed by atoms with Crippen LogP contribution in [0.4, 0.5) is 0 Å². The van der Waals surface area contributed by atoms with Gasteiger partial charge in [0.15, 0.2) is 0 Å². The van der Waals surface area contributed by atoms with Crippen LogP contribution in [-0.4, -0.2) is 7.05 Å². The molecule has 0 aliphatic heterocycles. The van der Waals surface area contributed by atoms with Crippen molar-refractivity contribution >= 4 is 0 Å². The van der Waals surface area contributed by atoms with Crippen LogP contribution in [0.15, 0.2) is 18.2 Å². The molecule has 2 atom stereocenters. The average molecular weight is 247 g/mol. The molecule has 0 aromatic heterocycles. The van der Waals surface area contributed by atoms with E-state index in [9.17, 15) is 0 Å². The van der Waals surface area contributed by atoms with E-state index in [0.29, 0.717) is 17.4 Å². The fourth-order valence-corrected chi connectivity index (χ4v) is 2.34. The maximum Gasteiger partial charge on any atom is 0.0320 e. The summed E-state index contributed by atoms with van der Waals surface area (Å²) in [6, 6.07) is 7.31. The van der Waals surface area contributed by atoms with E-state index in [0.717, 1.165) is 0 Å². The Morgan fingerprint density at radius 1 is 1.06 bits per heavy atom. The zero-order valence-electron chi connectivity index (χ0n) is 13.1. The second-order valence-electron chi connectivity index (χ2n) is 6.77. The van der Waals surface area contributed by atoms with Crippen molar-refractivity contribution in [3.05, 3.63) is 34.9 Å². The molecule has 0 radical (unpaired) electrons. The van der Waals surface area contributed by atoms with Gasteiger partial charge in [-0.1, -0.05) is 57.0 Å². The summed E-state index contributed by atoms with van der Waals surface area (Å²) >= 11 is 0. The van der Waals surface area contributed by atoms with Crippen molar-refractivity contribution in [2.75, 3.05) is 7.05 Å². The van der Waals surface area contributed by atoms with Crippen molar-refractivity contribution in [2.45, 2.75) is 54.0 Å². The Kier molecular flexibility index (Phi) is 4.98. The van der Waals surface area contributed by atoms with Gasteiger partial charge in [-0.2, -0.15) is 0 Å². The van der Waals surface area contributed by atoms with Gasteiger partial charge in [0.1, 0.15) is 0 Å². The first kappa shape index (κ1) is 15.2. The van der Waals surface area contributed by atoms with Gasteiger partial charge in [0.2, 0.25) is 0 Å². The molecule has 1 aromatic rings. The molecule has 0 aliphatic rings. The Bertz CT molecular complexity index is 367. The molecule has 2 unspecified atom stereocenters. The van der Waals surface area contributed by atoms with Crippen molar-refractivity contribution in [1.82, 2.24) is 5.32 Å². The monoisotopic (exact) mass is 247 g/mol. The molecule has 0 heterocycles. The quantitative estimate of drug-likeness (QED) is 0.817. The van der Waals surface area contributed by atoms with Gasteiger partial charge in [0.25, 0.3) is 0 Å². The first-order chi connectivity index (χ1) is 8.24. The van der Waals surface area contributed by atoms with Gasteiger partial charge in [-0.15, -0.1) is 0 Å². The Labute approximate surface area is 113 Å². The highest BCUT2D eigenvalue weighted by Gasteiger charge is 2.23. The summed E-state index contributed by atoms with van der Waals surface area (Å²) in [5.41, 5.74) is 4.50. The number of benzene rings is 1. The van der Waals surface area contributed by atoms with Gasteiger partial charge in [0.05, 0.1) is 0 Å². The minimum atomic E-state index is 0.369. The van der Waals surface area contributed by atoms with Gasteiger partial charge < -0.3 is 5.32 Å². The molecule has 0 fully saturated rings. The average Bonchev–Trinajstić information content (AvgIpc) is 2.22. The fraction of sp³-hybridized carbons (Fsp3) is 0.647. The summed E-state index contributed by atoms with van der Waals surface area (Å²) in [7, 11) is 2.07. The predicted octanol–water partition coefficient (Wildman–Crippen LogP) is 4.64. The number of aryl methyl sites for hydroxylation is 2. The molecular formula is C17H29N. The van der Waals surface area contributed by atoms with Crippen molar-refractivity contribution in [3.63, 3.8) is 0 Å². The van der Waals surface area contributed by atoms with E-state index < -0.39 is 0 Å². The fourth-order valence-electron chi connectivity index (χ4n) is 2.34. The first-order valence-corrected chi connectivity index (χ1v) is 6.99. The lowest BCUT2D eigenvalue weighted by molar-refractivity contribution is 0.226. The molecule has 1 N–H and O–H groups in total. The molecule has 1 rings (SSSR count). The highest BCUT2D eigenvalue weighted by molar-refractivity contribution is 5.30. The Hall–Kier alpha value is -0.820. The topological polar surface area (TPSA) is 12.0 Å². The molecule has 18 heavy (non-hydrogen) atoms. The lowest BCUT2D eigenvalue weighted by atomic mass is 9.77. The van der Waals surface area contributed by atoms with Crippen LogP contribution in [0.3, 0.4) is 0 Å². The van der Waals surface area contributed by atoms with Crippen LogP contribution in [-0.2, 0) is 0 Å². The van der Waals surface area contributed by atoms with Gasteiger partial charge >= 0.3 is 0 Å². The van der Waals surface area contributed by atoms with E-state index in [2.05, 4.69) is 72.1 Å². The number of hydrogen-bond donors (Lipinski definition) is 1. The van der Waals surface area contributed by atoms with E-state index in [1.165, 1.54) is 23.1 Å². The van der Waals surface area contributed by atoms with Gasteiger partial charge in [-0.3, -0.25) is 0 Å². The Balaban J connectivity index is 2.89. The minimum Gasteiger partial charge on any atom is -0.313 e. The molecule has 0 bridgehead atoms. The van der Waals surface area contributed by atoms with Gasteiger partial charge in [-0.25, -0.2) is 0 Å². The predicted molar refractivity (Wildman–Crippen MR) is 81.0 cm³/mol. The Morgan fingerprint density at radius 2 is 1.56 bits per heavy atom. The standard InChI is InChI=1S/C17H29N/c1-12-8-13(2)10-15(9-12)16(18-7)11-14(3)17(4,5)6/h8-10,14,16,18H,11H2,1-7H3. The molecule has 1 aromatic carbocycles. The number of hydrogen-bond acceptors (Lipinski definition) is 1. The number of nitrogens with one attached hydrogen (secondary N) is 1. The van der Waals surface area contributed by atoms with Crippen LogP contribution in [0.2, 0.25) is 0 Å². The zero-order valence-corrected chi connectivity index (χ0v) is 13.1. The lowest BCUT2D eigenvalue weighted by Gasteiger charge is -2.31. The SMILES string of the molecule is CNC(CC(C)C(C)(C)C)c1cc(C)cc(C)c1. The molecule has 1 nitrogen and oxygen atoms in total. The van der Waals surface area contributed by atoms with E-state index in [1.807, 2.05) is 0 Å². The summed E-state index contributed by atoms with van der Waals surface area (Å²) < 4.78 is 0. The van der Waals surface area contributed by atoms with Crippen LogP contribution in [0.1, 0.15) is 56.8 Å². The smallest absolute Gasteiger partial charge is 0.0320 e. The molecule has 1 heteroatoms. The van der Waals surface area contributed by atoms with E-state index in [-0.39, 0.29) is 0 Å². The largest absolute Gasteiger partial charge is 0.313 e. The summed E-state index contributed by atoms with van der Waals surface area (Å²) in [6.45, 7) is 13.7. The molecular weight excluding hydrogens is 218 g/mol. The van der Waals surface area contributed by atoms with Gasteiger partial charge in [-0.05, 0) is 44.2 Å². The van der Waals surface area contributed by atoms with E-state index in [4.69, 9.17) is 0 Å². The van der Waals surface area contributed by atoms with E-state index in [1.54, 1.807) is 0 Å². The minimum absolute atomic E-state index is 0.369. The molecule has 0 aliphatic carbocycles. The number of rotatable bonds is 4. The molecule has 102 valence electrons. The van der Waals surface area contributed by atoms with Crippen LogP contribution < -0.4 is 5.32 Å².